The molecule has 8 nitrogen and oxygen atoms in total. The van der Waals surface area contributed by atoms with Crippen molar-refractivity contribution in [3.8, 4) is 23.0 Å². The Hall–Kier alpha value is -3.75. The average Bonchev–Trinajstić information content (AvgIpc) is 2.90. The molecular formula is C27H26Cl2N2O6. The fraction of sp³-hybridized carbons (Fsp3) is 0.222. The number of rotatable bonds is 12. The van der Waals surface area contributed by atoms with E-state index < -0.39 is 11.9 Å². The molecule has 0 aromatic heterocycles. The number of nitrogens with one attached hydrogen (secondary N) is 1. The predicted octanol–water partition coefficient (Wildman–Crippen LogP) is 5.93. The van der Waals surface area contributed by atoms with Crippen molar-refractivity contribution in [1.29, 1.82) is 0 Å². The first-order valence-corrected chi connectivity index (χ1v) is 12.2. The van der Waals surface area contributed by atoms with E-state index in [9.17, 15) is 9.59 Å². The zero-order valence-electron chi connectivity index (χ0n) is 20.3. The third-order valence-electron chi connectivity index (χ3n) is 4.92. The molecule has 0 spiro atoms. The molecule has 0 aliphatic carbocycles. The number of methoxy groups -OCH3 is 1. The number of amides is 1. The monoisotopic (exact) mass is 544 g/mol. The fourth-order valence-corrected chi connectivity index (χ4v) is 3.33. The van der Waals surface area contributed by atoms with Gasteiger partial charge in [-0.15, -0.1) is 0 Å². The summed E-state index contributed by atoms with van der Waals surface area (Å²) in [5, 5.41) is 4.45. The van der Waals surface area contributed by atoms with Crippen LogP contribution in [0.15, 0.2) is 65.8 Å². The first-order valence-electron chi connectivity index (χ1n) is 11.4. The number of carbonyl (C=O) groups excluding carboxylic acids is 2. The Kier molecular flexibility index (Phi) is 10.6. The van der Waals surface area contributed by atoms with Crippen LogP contribution < -0.4 is 24.4 Å². The first kappa shape index (κ1) is 27.8. The molecule has 0 unspecified atom stereocenters. The molecule has 3 aromatic rings. The van der Waals surface area contributed by atoms with Gasteiger partial charge in [-0.3, -0.25) is 4.79 Å². The van der Waals surface area contributed by atoms with E-state index in [2.05, 4.69) is 17.5 Å². The maximum atomic E-state index is 12.6. The Morgan fingerprint density at radius 2 is 1.76 bits per heavy atom. The van der Waals surface area contributed by atoms with E-state index in [1.165, 1.54) is 13.3 Å². The summed E-state index contributed by atoms with van der Waals surface area (Å²) in [4.78, 5) is 24.6. The van der Waals surface area contributed by atoms with Gasteiger partial charge in [-0.25, -0.2) is 10.2 Å². The molecule has 1 amide bonds. The van der Waals surface area contributed by atoms with Gasteiger partial charge >= 0.3 is 5.97 Å². The van der Waals surface area contributed by atoms with Crippen LogP contribution in [0.1, 0.15) is 35.7 Å². The highest BCUT2D eigenvalue weighted by Crippen LogP contribution is 2.31. The van der Waals surface area contributed by atoms with Crippen molar-refractivity contribution in [2.24, 2.45) is 5.10 Å². The molecule has 10 heteroatoms. The van der Waals surface area contributed by atoms with E-state index in [1.807, 2.05) is 0 Å². The number of hydrazone groups is 1. The predicted molar refractivity (Wildman–Crippen MR) is 142 cm³/mol. The SMILES string of the molecule is CCCCOc1ccc(C(=O)Oc2ccc(/C=N\NC(=O)COc3cccc(Cl)c3Cl)cc2OC)cc1. The van der Waals surface area contributed by atoms with Crippen molar-refractivity contribution in [1.82, 2.24) is 5.43 Å². The second kappa shape index (κ2) is 14.1. The summed E-state index contributed by atoms with van der Waals surface area (Å²) in [5.41, 5.74) is 3.33. The minimum Gasteiger partial charge on any atom is -0.494 e. The third-order valence-corrected chi connectivity index (χ3v) is 5.73. The summed E-state index contributed by atoms with van der Waals surface area (Å²) in [6, 6.07) is 16.5. The van der Waals surface area contributed by atoms with Crippen molar-refractivity contribution < 1.29 is 28.5 Å². The van der Waals surface area contributed by atoms with E-state index in [-0.39, 0.29) is 17.4 Å². The molecule has 0 bridgehead atoms. The summed E-state index contributed by atoms with van der Waals surface area (Å²) in [6.07, 6.45) is 3.42. The molecule has 1 N–H and O–H groups in total. The molecule has 194 valence electrons. The number of unbranched alkanes of at least 4 members (excludes halogenated alkanes) is 1. The quantitative estimate of drug-likeness (QED) is 0.0997. The van der Waals surface area contributed by atoms with Gasteiger partial charge in [0.15, 0.2) is 18.1 Å². The number of hydrogen-bond donors (Lipinski definition) is 1. The molecule has 0 radical (unpaired) electrons. The molecule has 37 heavy (non-hydrogen) atoms. The zero-order chi connectivity index (χ0) is 26.6. The lowest BCUT2D eigenvalue weighted by Gasteiger charge is -2.10. The molecule has 0 saturated carbocycles. The van der Waals surface area contributed by atoms with E-state index in [0.717, 1.165) is 12.8 Å². The van der Waals surface area contributed by atoms with Crippen molar-refractivity contribution in [3.05, 3.63) is 81.8 Å². The molecule has 0 saturated heterocycles. The van der Waals surface area contributed by atoms with Gasteiger partial charge < -0.3 is 18.9 Å². The van der Waals surface area contributed by atoms with E-state index in [0.29, 0.717) is 40.0 Å². The van der Waals surface area contributed by atoms with Crippen LogP contribution >= 0.6 is 23.2 Å². The number of halogens is 2. The first-order chi connectivity index (χ1) is 17.9. The minimum absolute atomic E-state index is 0.224. The number of nitrogens with zero attached hydrogens (tertiary/aromatic N) is 1. The van der Waals surface area contributed by atoms with Gasteiger partial charge in [0.2, 0.25) is 0 Å². The van der Waals surface area contributed by atoms with Gasteiger partial charge in [0.05, 0.1) is 30.5 Å². The van der Waals surface area contributed by atoms with E-state index in [4.69, 9.17) is 42.1 Å². The normalized spacial score (nSPS) is 10.7. The van der Waals surface area contributed by atoms with Gasteiger partial charge in [0.1, 0.15) is 16.5 Å². The van der Waals surface area contributed by atoms with Crippen LogP contribution in [0.5, 0.6) is 23.0 Å². The van der Waals surface area contributed by atoms with E-state index >= 15 is 0 Å². The van der Waals surface area contributed by atoms with E-state index in [1.54, 1.807) is 60.7 Å². The lowest BCUT2D eigenvalue weighted by Crippen LogP contribution is -2.24. The molecule has 0 aliphatic heterocycles. The number of benzene rings is 3. The second-order valence-electron chi connectivity index (χ2n) is 7.66. The lowest BCUT2D eigenvalue weighted by atomic mass is 10.2. The largest absolute Gasteiger partial charge is 0.494 e. The van der Waals surface area contributed by atoms with Gasteiger partial charge in [-0.05, 0) is 66.6 Å². The molecule has 3 rings (SSSR count). The standard InChI is InChI=1S/C27H26Cl2N2O6/c1-3-4-14-35-20-11-9-19(10-12-20)27(33)37-22-13-8-18(15-24(22)34-2)16-30-31-25(32)17-36-23-7-5-6-21(28)26(23)29/h5-13,15-16H,3-4,14,17H2,1-2H3,(H,31,32)/b30-16-. The van der Waals surface area contributed by atoms with Crippen molar-refractivity contribution >= 4 is 41.3 Å². The van der Waals surface area contributed by atoms with Gasteiger partial charge in [0.25, 0.3) is 5.91 Å². The summed E-state index contributed by atoms with van der Waals surface area (Å²) in [7, 11) is 1.45. The van der Waals surface area contributed by atoms with Gasteiger partial charge in [0, 0.05) is 0 Å². The van der Waals surface area contributed by atoms with Crippen molar-refractivity contribution in [2.45, 2.75) is 19.8 Å². The van der Waals surface area contributed by atoms with Crippen LogP contribution in [-0.4, -0.2) is 38.4 Å². The third kappa shape index (κ3) is 8.41. The van der Waals surface area contributed by atoms with Gasteiger partial charge in [-0.2, -0.15) is 5.10 Å². The lowest BCUT2D eigenvalue weighted by molar-refractivity contribution is -0.123. The van der Waals surface area contributed by atoms with Crippen LogP contribution in [0.25, 0.3) is 0 Å². The number of ether oxygens (including phenoxy) is 4. The highest BCUT2D eigenvalue weighted by atomic mass is 35.5. The summed E-state index contributed by atoms with van der Waals surface area (Å²) >= 11 is 12.0. The minimum atomic E-state index is -0.535. The molecule has 0 aliphatic rings. The molecule has 0 atom stereocenters. The molecule has 0 fully saturated rings. The Labute approximate surface area is 225 Å². The van der Waals surface area contributed by atoms with Crippen LogP contribution in [0, 0.1) is 0 Å². The Balaban J connectivity index is 1.54. The summed E-state index contributed by atoms with van der Waals surface area (Å²) < 4.78 is 21.8. The average molecular weight is 545 g/mol. The van der Waals surface area contributed by atoms with Crippen LogP contribution in [0.4, 0.5) is 0 Å². The summed E-state index contributed by atoms with van der Waals surface area (Å²) in [6.45, 7) is 2.41. The van der Waals surface area contributed by atoms with Crippen molar-refractivity contribution in [2.75, 3.05) is 20.3 Å². The molecule has 3 aromatic carbocycles. The Morgan fingerprint density at radius 1 is 0.973 bits per heavy atom. The maximum Gasteiger partial charge on any atom is 0.343 e. The number of esters is 1. The van der Waals surface area contributed by atoms with Gasteiger partial charge in [-0.1, -0.05) is 42.6 Å². The number of carbonyl (C=O) groups is 2. The topological polar surface area (TPSA) is 95.5 Å². The van der Waals surface area contributed by atoms with Crippen LogP contribution in [-0.2, 0) is 4.79 Å². The highest BCUT2D eigenvalue weighted by molar-refractivity contribution is 6.42. The smallest absolute Gasteiger partial charge is 0.343 e. The number of hydrogen-bond acceptors (Lipinski definition) is 7. The zero-order valence-corrected chi connectivity index (χ0v) is 21.8. The van der Waals surface area contributed by atoms with Crippen molar-refractivity contribution in [3.63, 3.8) is 0 Å². The Morgan fingerprint density at radius 3 is 2.49 bits per heavy atom. The highest BCUT2D eigenvalue weighted by Gasteiger charge is 2.13. The van der Waals surface area contributed by atoms with Crippen LogP contribution in [0.3, 0.4) is 0 Å². The molecule has 0 heterocycles. The molecular weight excluding hydrogens is 519 g/mol. The Bertz CT molecular complexity index is 1250. The maximum absolute atomic E-state index is 12.6. The summed E-state index contributed by atoms with van der Waals surface area (Å²) in [5.74, 6) is 0.516. The fourth-order valence-electron chi connectivity index (χ4n) is 2.98. The second-order valence-corrected chi connectivity index (χ2v) is 8.45. The van der Waals surface area contributed by atoms with Crippen LogP contribution in [0.2, 0.25) is 10.0 Å².